The molecule has 1 saturated heterocycles. The van der Waals surface area contributed by atoms with Crippen molar-refractivity contribution in [3.63, 3.8) is 0 Å². The first-order valence-electron chi connectivity index (χ1n) is 6.04. The van der Waals surface area contributed by atoms with E-state index in [2.05, 4.69) is 10.6 Å². The first kappa shape index (κ1) is 10.7. The first-order valence-corrected chi connectivity index (χ1v) is 6.04. The van der Waals surface area contributed by atoms with Crippen LogP contribution in [0.5, 0.6) is 0 Å². The second kappa shape index (κ2) is 4.47. The van der Waals surface area contributed by atoms with Gasteiger partial charge in [0.05, 0.1) is 13.2 Å². The van der Waals surface area contributed by atoms with Gasteiger partial charge >= 0.3 is 0 Å². The quantitative estimate of drug-likeness (QED) is 0.793. The summed E-state index contributed by atoms with van der Waals surface area (Å²) in [5.74, 6) is 0.0217. The normalized spacial score (nSPS) is 22.5. The van der Waals surface area contributed by atoms with Gasteiger partial charge in [0.25, 0.3) is 5.91 Å². The van der Waals surface area contributed by atoms with Gasteiger partial charge in [-0.05, 0) is 36.2 Å². The van der Waals surface area contributed by atoms with E-state index >= 15 is 0 Å². The Bertz CT molecular complexity index is 439. The molecule has 2 aliphatic rings. The Balaban J connectivity index is 1.72. The molecule has 1 aromatic rings. The second-order valence-electron chi connectivity index (χ2n) is 4.64. The molecule has 17 heavy (non-hydrogen) atoms. The number of carbonyl (C=O) groups excluding carboxylic acids is 1. The molecule has 0 unspecified atom stereocenters. The lowest BCUT2D eigenvalue weighted by Gasteiger charge is -2.11. The average Bonchev–Trinajstić information content (AvgIpc) is 2.97. The predicted octanol–water partition coefficient (Wildman–Crippen LogP) is 0.808. The summed E-state index contributed by atoms with van der Waals surface area (Å²) in [4.78, 5) is 12.0. The van der Waals surface area contributed by atoms with Crippen molar-refractivity contribution in [2.45, 2.75) is 25.7 Å². The minimum Gasteiger partial charge on any atom is -0.372 e. The molecule has 0 radical (unpaired) electrons. The average molecular weight is 232 g/mol. The van der Waals surface area contributed by atoms with Gasteiger partial charge in [0.15, 0.2) is 0 Å². The number of carbonyl (C=O) groups is 1. The fourth-order valence-corrected chi connectivity index (χ4v) is 2.36. The topological polar surface area (TPSA) is 50.4 Å². The monoisotopic (exact) mass is 232 g/mol. The second-order valence-corrected chi connectivity index (χ2v) is 4.64. The third kappa shape index (κ3) is 2.18. The third-order valence-corrected chi connectivity index (χ3v) is 3.38. The van der Waals surface area contributed by atoms with Crippen LogP contribution in [0.4, 0.5) is 0 Å². The smallest absolute Gasteiger partial charge is 0.251 e. The molecule has 2 aliphatic heterocycles. The van der Waals surface area contributed by atoms with Gasteiger partial charge in [-0.3, -0.25) is 4.79 Å². The number of hydrogen-bond donors (Lipinski definition) is 2. The number of amides is 1. The van der Waals surface area contributed by atoms with Crippen LogP contribution in [0.2, 0.25) is 0 Å². The highest BCUT2D eigenvalue weighted by Gasteiger charge is 2.19. The van der Waals surface area contributed by atoms with E-state index < -0.39 is 0 Å². The molecule has 4 heteroatoms. The zero-order chi connectivity index (χ0) is 11.7. The molecular formula is C13H16N2O2. The van der Waals surface area contributed by atoms with Crippen molar-refractivity contribution in [2.75, 3.05) is 13.1 Å². The summed E-state index contributed by atoms with van der Waals surface area (Å²) < 4.78 is 5.34. The maximum absolute atomic E-state index is 12.0. The molecule has 4 nitrogen and oxygen atoms in total. The molecule has 2 heterocycles. The van der Waals surface area contributed by atoms with Crippen molar-refractivity contribution in [2.24, 2.45) is 0 Å². The number of hydrogen-bond acceptors (Lipinski definition) is 3. The van der Waals surface area contributed by atoms with Crippen molar-refractivity contribution in [3.05, 3.63) is 34.9 Å². The van der Waals surface area contributed by atoms with Crippen LogP contribution >= 0.6 is 0 Å². The molecule has 0 saturated carbocycles. The predicted molar refractivity (Wildman–Crippen MR) is 63.7 cm³/mol. The largest absolute Gasteiger partial charge is 0.372 e. The van der Waals surface area contributed by atoms with Gasteiger partial charge in [0, 0.05) is 18.2 Å². The highest BCUT2D eigenvalue weighted by molar-refractivity contribution is 5.94. The summed E-state index contributed by atoms with van der Waals surface area (Å²) in [5, 5.41) is 6.28. The Hall–Kier alpha value is -1.39. The maximum Gasteiger partial charge on any atom is 0.251 e. The van der Waals surface area contributed by atoms with Crippen molar-refractivity contribution < 1.29 is 9.53 Å². The molecule has 1 fully saturated rings. The van der Waals surface area contributed by atoms with Crippen LogP contribution in [-0.2, 0) is 18.0 Å². The van der Waals surface area contributed by atoms with Crippen molar-refractivity contribution in [3.8, 4) is 0 Å². The third-order valence-electron chi connectivity index (χ3n) is 3.38. The van der Waals surface area contributed by atoms with Gasteiger partial charge in [-0.1, -0.05) is 6.07 Å². The summed E-state index contributed by atoms with van der Waals surface area (Å²) in [6, 6.07) is 6.09. The number of nitrogens with one attached hydrogen (secondary N) is 2. The lowest BCUT2D eigenvalue weighted by molar-refractivity contribution is 0.0940. The van der Waals surface area contributed by atoms with Crippen LogP contribution in [0.25, 0.3) is 0 Å². The maximum atomic E-state index is 12.0. The van der Waals surface area contributed by atoms with Crippen LogP contribution in [0.15, 0.2) is 18.2 Å². The Morgan fingerprint density at radius 2 is 2.24 bits per heavy atom. The molecule has 2 N–H and O–H groups in total. The number of benzene rings is 1. The van der Waals surface area contributed by atoms with E-state index in [0.29, 0.717) is 13.2 Å². The van der Waals surface area contributed by atoms with Gasteiger partial charge in [0.1, 0.15) is 0 Å². The Morgan fingerprint density at radius 3 is 3.06 bits per heavy atom. The Morgan fingerprint density at radius 1 is 1.35 bits per heavy atom. The first-order chi connectivity index (χ1) is 8.33. The molecule has 3 rings (SSSR count). The van der Waals surface area contributed by atoms with Crippen LogP contribution in [-0.4, -0.2) is 25.0 Å². The molecule has 0 aromatic heterocycles. The summed E-state index contributed by atoms with van der Waals surface area (Å²) >= 11 is 0. The zero-order valence-electron chi connectivity index (χ0n) is 9.66. The van der Waals surface area contributed by atoms with Gasteiger partial charge < -0.3 is 15.4 Å². The molecule has 0 aliphatic carbocycles. The van der Waals surface area contributed by atoms with Crippen LogP contribution < -0.4 is 10.6 Å². The molecular weight excluding hydrogens is 216 g/mol. The molecule has 1 aromatic carbocycles. The summed E-state index contributed by atoms with van der Waals surface area (Å²) in [5.41, 5.74) is 3.08. The molecule has 0 bridgehead atoms. The molecule has 1 atom stereocenters. The van der Waals surface area contributed by atoms with Crippen LogP contribution in [0.1, 0.15) is 27.9 Å². The van der Waals surface area contributed by atoms with E-state index in [1.165, 1.54) is 5.56 Å². The van der Waals surface area contributed by atoms with Gasteiger partial charge in [0.2, 0.25) is 0 Å². The lowest BCUT2D eigenvalue weighted by atomic mass is 10.1. The molecule has 90 valence electrons. The van der Waals surface area contributed by atoms with E-state index in [4.69, 9.17) is 4.74 Å². The van der Waals surface area contributed by atoms with Gasteiger partial charge in [-0.2, -0.15) is 0 Å². The standard InChI is InChI=1S/C13H16N2O2/c16-13(15-12-3-4-14-6-12)9-1-2-10-7-17-8-11(10)5-9/h1-2,5,12,14H,3-4,6-8H2,(H,15,16)/t12-/m1/s1. The zero-order valence-corrected chi connectivity index (χ0v) is 9.66. The van der Waals surface area contributed by atoms with E-state index in [1.807, 2.05) is 18.2 Å². The number of rotatable bonds is 2. The minimum absolute atomic E-state index is 0.0217. The highest BCUT2D eigenvalue weighted by Crippen LogP contribution is 2.20. The minimum atomic E-state index is 0.0217. The van der Waals surface area contributed by atoms with E-state index in [1.54, 1.807) is 0 Å². The summed E-state index contributed by atoms with van der Waals surface area (Å²) in [6.45, 7) is 3.16. The molecule has 0 spiro atoms. The van der Waals surface area contributed by atoms with Crippen molar-refractivity contribution >= 4 is 5.91 Å². The van der Waals surface area contributed by atoms with Gasteiger partial charge in [-0.15, -0.1) is 0 Å². The van der Waals surface area contributed by atoms with E-state index in [0.717, 1.165) is 30.6 Å². The van der Waals surface area contributed by atoms with E-state index in [9.17, 15) is 4.79 Å². The van der Waals surface area contributed by atoms with Crippen LogP contribution in [0.3, 0.4) is 0 Å². The van der Waals surface area contributed by atoms with Gasteiger partial charge in [-0.25, -0.2) is 0 Å². The van der Waals surface area contributed by atoms with Crippen LogP contribution in [0, 0.1) is 0 Å². The van der Waals surface area contributed by atoms with Crippen molar-refractivity contribution in [1.82, 2.24) is 10.6 Å². The highest BCUT2D eigenvalue weighted by atomic mass is 16.5. The lowest BCUT2D eigenvalue weighted by Crippen LogP contribution is -2.36. The number of fused-ring (bicyclic) bond motifs is 1. The van der Waals surface area contributed by atoms with Crippen molar-refractivity contribution in [1.29, 1.82) is 0 Å². The Labute approximate surface area is 100 Å². The number of ether oxygens (including phenoxy) is 1. The fourth-order valence-electron chi connectivity index (χ4n) is 2.36. The van der Waals surface area contributed by atoms with E-state index in [-0.39, 0.29) is 11.9 Å². The Kier molecular flexibility index (Phi) is 2.82. The summed E-state index contributed by atoms with van der Waals surface area (Å²) in [6.07, 6.45) is 1.01. The fraction of sp³-hybridized carbons (Fsp3) is 0.462. The summed E-state index contributed by atoms with van der Waals surface area (Å²) in [7, 11) is 0. The molecule has 1 amide bonds. The SMILES string of the molecule is O=C(N[C@@H]1CCNC1)c1ccc2c(c1)COC2.